The molecule has 1 aromatic carbocycles. The van der Waals surface area contributed by atoms with E-state index in [2.05, 4.69) is 15.0 Å². The molecule has 5 nitrogen and oxygen atoms in total. The average Bonchev–Trinajstić information content (AvgIpc) is 3.15. The van der Waals surface area contributed by atoms with Gasteiger partial charge in [0.05, 0.1) is 0 Å². The molecule has 0 spiro atoms. The maximum atomic E-state index is 10.8. The monoisotopic (exact) mass is 286 g/mol. The smallest absolute Gasteiger partial charge is 0.137 e. The van der Waals surface area contributed by atoms with Crippen LogP contribution in [0.3, 0.4) is 0 Å². The first kappa shape index (κ1) is 14.2. The predicted octanol–water partition coefficient (Wildman–Crippen LogP) is 1.65. The van der Waals surface area contributed by atoms with Crippen molar-refractivity contribution in [1.29, 1.82) is 0 Å². The van der Waals surface area contributed by atoms with Gasteiger partial charge in [-0.3, -0.25) is 4.68 Å². The topological polar surface area (TPSA) is 54.2 Å². The molecular formula is C16H22N4O. The Kier molecular flexibility index (Phi) is 4.31. The molecule has 2 heterocycles. The highest BCUT2D eigenvalue weighted by Crippen LogP contribution is 2.31. The Morgan fingerprint density at radius 3 is 2.71 bits per heavy atom. The van der Waals surface area contributed by atoms with Gasteiger partial charge in [-0.25, -0.2) is 4.98 Å². The first-order valence-corrected chi connectivity index (χ1v) is 7.59. The van der Waals surface area contributed by atoms with Crippen LogP contribution in [0, 0.1) is 0 Å². The number of nitrogens with zero attached hydrogens (tertiary/aromatic N) is 4. The minimum absolute atomic E-state index is 0.673. The lowest BCUT2D eigenvalue weighted by molar-refractivity contribution is 0.0459. The minimum Gasteiger partial charge on any atom is -0.384 e. The van der Waals surface area contributed by atoms with E-state index in [0.717, 1.165) is 51.0 Å². The van der Waals surface area contributed by atoms with Gasteiger partial charge in [0.25, 0.3) is 0 Å². The van der Waals surface area contributed by atoms with Gasteiger partial charge in [-0.15, -0.1) is 0 Å². The molecule has 5 heteroatoms. The van der Waals surface area contributed by atoms with Crippen LogP contribution in [0.2, 0.25) is 0 Å². The van der Waals surface area contributed by atoms with Crippen molar-refractivity contribution in [2.24, 2.45) is 0 Å². The maximum absolute atomic E-state index is 10.8. The zero-order valence-corrected chi connectivity index (χ0v) is 12.2. The number of β-amino-alcohol motifs (C(OH)–C–C–N with tert-alkyl or cyclic N) is 1. The van der Waals surface area contributed by atoms with E-state index in [1.54, 1.807) is 12.7 Å². The van der Waals surface area contributed by atoms with Crippen LogP contribution in [0.4, 0.5) is 0 Å². The van der Waals surface area contributed by atoms with Crippen LogP contribution in [-0.2, 0) is 12.1 Å². The van der Waals surface area contributed by atoms with Gasteiger partial charge in [0, 0.05) is 19.6 Å². The molecule has 1 aromatic heterocycles. The van der Waals surface area contributed by atoms with Crippen molar-refractivity contribution < 1.29 is 5.11 Å². The summed E-state index contributed by atoms with van der Waals surface area (Å²) in [4.78, 5) is 6.29. The molecule has 1 aliphatic heterocycles. The second kappa shape index (κ2) is 6.37. The Bertz CT molecular complexity index is 543. The fourth-order valence-corrected chi connectivity index (χ4v) is 3.00. The molecule has 112 valence electrons. The largest absolute Gasteiger partial charge is 0.384 e. The molecule has 2 aromatic rings. The number of aliphatic hydroxyl groups is 1. The third-order valence-electron chi connectivity index (χ3n) is 4.22. The number of benzene rings is 1. The zero-order valence-electron chi connectivity index (χ0n) is 12.2. The molecule has 1 saturated heterocycles. The van der Waals surface area contributed by atoms with Gasteiger partial charge in [-0.2, -0.15) is 5.10 Å². The van der Waals surface area contributed by atoms with Crippen LogP contribution in [0.1, 0.15) is 24.8 Å². The van der Waals surface area contributed by atoms with E-state index < -0.39 is 5.60 Å². The molecule has 1 atom stereocenters. The number of rotatable bonds is 6. The second-order valence-electron chi connectivity index (χ2n) is 5.79. The van der Waals surface area contributed by atoms with Gasteiger partial charge in [0.1, 0.15) is 18.3 Å². The van der Waals surface area contributed by atoms with Crippen molar-refractivity contribution in [3.8, 4) is 0 Å². The van der Waals surface area contributed by atoms with Gasteiger partial charge in [-0.1, -0.05) is 30.3 Å². The number of aromatic nitrogens is 3. The van der Waals surface area contributed by atoms with Crippen molar-refractivity contribution in [3.63, 3.8) is 0 Å². The molecule has 0 bridgehead atoms. The van der Waals surface area contributed by atoms with Crippen LogP contribution in [0.15, 0.2) is 43.0 Å². The van der Waals surface area contributed by atoms with Crippen LogP contribution in [0.5, 0.6) is 0 Å². The van der Waals surface area contributed by atoms with E-state index in [1.807, 2.05) is 35.0 Å². The number of likely N-dealkylation sites (tertiary alicyclic amines) is 1. The van der Waals surface area contributed by atoms with Gasteiger partial charge >= 0.3 is 0 Å². The highest BCUT2D eigenvalue weighted by molar-refractivity contribution is 5.24. The molecule has 0 aliphatic carbocycles. The lowest BCUT2D eigenvalue weighted by atomic mass is 9.93. The average molecular weight is 286 g/mol. The second-order valence-corrected chi connectivity index (χ2v) is 5.79. The molecule has 1 aliphatic rings. The quantitative estimate of drug-likeness (QED) is 0.821. The van der Waals surface area contributed by atoms with E-state index >= 15 is 0 Å². The lowest BCUT2D eigenvalue weighted by Crippen LogP contribution is -2.31. The van der Waals surface area contributed by atoms with E-state index in [9.17, 15) is 5.11 Å². The summed E-state index contributed by atoms with van der Waals surface area (Å²) in [7, 11) is 0. The minimum atomic E-state index is -0.673. The molecule has 1 unspecified atom stereocenters. The van der Waals surface area contributed by atoms with Gasteiger partial charge < -0.3 is 10.0 Å². The molecule has 1 N–H and O–H groups in total. The number of hydrogen-bond acceptors (Lipinski definition) is 4. The summed E-state index contributed by atoms with van der Waals surface area (Å²) in [6.45, 7) is 3.65. The first-order valence-electron chi connectivity index (χ1n) is 7.59. The Labute approximate surface area is 125 Å². The van der Waals surface area contributed by atoms with Crippen molar-refractivity contribution in [2.75, 3.05) is 19.6 Å². The molecule has 0 radical (unpaired) electrons. The molecule has 21 heavy (non-hydrogen) atoms. The summed E-state index contributed by atoms with van der Waals surface area (Å²) in [6, 6.07) is 10.0. The van der Waals surface area contributed by atoms with Crippen molar-refractivity contribution >= 4 is 0 Å². The van der Waals surface area contributed by atoms with Crippen LogP contribution >= 0.6 is 0 Å². The Balaban J connectivity index is 1.44. The van der Waals surface area contributed by atoms with E-state index in [4.69, 9.17) is 0 Å². The summed E-state index contributed by atoms with van der Waals surface area (Å²) < 4.78 is 1.87. The molecule has 0 saturated carbocycles. The summed E-state index contributed by atoms with van der Waals surface area (Å²) in [6.07, 6.45) is 6.35. The van der Waals surface area contributed by atoms with Crippen molar-refractivity contribution in [2.45, 2.75) is 31.4 Å². The SMILES string of the molecule is OC1(c2ccccc2)CCN(CCCCn2cncn2)C1. The zero-order chi connectivity index (χ0) is 14.5. The molecule has 1 fully saturated rings. The Morgan fingerprint density at radius 1 is 1.14 bits per heavy atom. The standard InChI is InChI=1S/C16H22N4O/c21-16(15-6-2-1-3-7-15)8-11-19(12-16)9-4-5-10-20-14-17-13-18-20/h1-3,6-7,13-14,21H,4-5,8-12H2. The fraction of sp³-hybridized carbons (Fsp3) is 0.500. The Hall–Kier alpha value is -1.72. The summed E-state index contributed by atoms with van der Waals surface area (Å²) in [5.41, 5.74) is 0.364. The van der Waals surface area contributed by atoms with Crippen LogP contribution in [0.25, 0.3) is 0 Å². The van der Waals surface area contributed by atoms with Gasteiger partial charge in [0.15, 0.2) is 0 Å². The third-order valence-corrected chi connectivity index (χ3v) is 4.22. The number of unbranched alkanes of at least 4 members (excludes halogenated alkanes) is 1. The van der Waals surface area contributed by atoms with E-state index in [1.165, 1.54) is 0 Å². The summed E-state index contributed by atoms with van der Waals surface area (Å²) >= 11 is 0. The van der Waals surface area contributed by atoms with E-state index in [-0.39, 0.29) is 0 Å². The maximum Gasteiger partial charge on any atom is 0.137 e. The fourth-order valence-electron chi connectivity index (χ4n) is 3.00. The van der Waals surface area contributed by atoms with Crippen molar-refractivity contribution in [3.05, 3.63) is 48.5 Å². The van der Waals surface area contributed by atoms with Gasteiger partial charge in [0.2, 0.25) is 0 Å². The Morgan fingerprint density at radius 2 is 1.95 bits per heavy atom. The number of hydrogen-bond donors (Lipinski definition) is 1. The molecule has 3 rings (SSSR count). The highest BCUT2D eigenvalue weighted by Gasteiger charge is 2.36. The van der Waals surface area contributed by atoms with Crippen molar-refractivity contribution in [1.82, 2.24) is 19.7 Å². The normalized spacial score (nSPS) is 22.7. The number of aryl methyl sites for hydroxylation is 1. The third kappa shape index (κ3) is 3.49. The highest BCUT2D eigenvalue weighted by atomic mass is 16.3. The predicted molar refractivity (Wildman–Crippen MR) is 80.7 cm³/mol. The van der Waals surface area contributed by atoms with E-state index in [0.29, 0.717) is 0 Å². The summed E-state index contributed by atoms with van der Waals surface area (Å²) in [5, 5.41) is 14.9. The lowest BCUT2D eigenvalue weighted by Gasteiger charge is -2.24. The van der Waals surface area contributed by atoms with Crippen LogP contribution < -0.4 is 0 Å². The summed E-state index contributed by atoms with van der Waals surface area (Å²) in [5.74, 6) is 0. The van der Waals surface area contributed by atoms with Gasteiger partial charge in [-0.05, 0) is 31.4 Å². The van der Waals surface area contributed by atoms with Crippen LogP contribution in [-0.4, -0.2) is 44.4 Å². The molecule has 0 amide bonds. The first-order chi connectivity index (χ1) is 10.3. The molecular weight excluding hydrogens is 264 g/mol.